The normalized spacial score (nSPS) is 29.6. The van der Waals surface area contributed by atoms with Crippen molar-refractivity contribution in [3.63, 3.8) is 0 Å². The molecule has 0 radical (unpaired) electrons. The molecule has 86 valence electrons. The van der Waals surface area contributed by atoms with Gasteiger partial charge in [-0.3, -0.25) is 4.90 Å². The quantitative estimate of drug-likeness (QED) is 0.731. The molecule has 1 fully saturated rings. The molecule has 1 aliphatic heterocycles. The van der Waals surface area contributed by atoms with Gasteiger partial charge >= 0.3 is 0 Å². The Morgan fingerprint density at radius 3 is 2.88 bits per heavy atom. The Morgan fingerprint density at radius 1 is 1.31 bits per heavy atom. The molecule has 16 heavy (non-hydrogen) atoms. The summed E-state index contributed by atoms with van der Waals surface area (Å²) in [5, 5.41) is 0. The summed E-state index contributed by atoms with van der Waals surface area (Å²) in [7, 11) is 0. The maximum atomic E-state index is 5.86. The average Bonchev–Trinajstić information content (AvgIpc) is 2.27. The maximum Gasteiger partial charge on any atom is 0.0353 e. The lowest BCUT2D eigenvalue weighted by molar-refractivity contribution is 0.0433. The molecule has 0 saturated carbocycles. The SMILES string of the molecule is CC1CCN1C1CCCc2cc(N)ccc21. The van der Waals surface area contributed by atoms with Crippen molar-refractivity contribution >= 4 is 5.69 Å². The Kier molecular flexibility index (Phi) is 2.40. The molecule has 1 saturated heterocycles. The summed E-state index contributed by atoms with van der Waals surface area (Å²) in [6.07, 6.45) is 5.20. The van der Waals surface area contributed by atoms with Gasteiger partial charge in [0.25, 0.3) is 0 Å². The zero-order valence-corrected chi connectivity index (χ0v) is 9.95. The number of rotatable bonds is 1. The van der Waals surface area contributed by atoms with E-state index in [4.69, 9.17) is 5.73 Å². The van der Waals surface area contributed by atoms with Crippen molar-refractivity contribution in [1.29, 1.82) is 0 Å². The van der Waals surface area contributed by atoms with Crippen molar-refractivity contribution in [2.24, 2.45) is 0 Å². The lowest BCUT2D eigenvalue weighted by atomic mass is 9.84. The number of fused-ring (bicyclic) bond motifs is 1. The molecule has 2 unspecified atom stereocenters. The first-order chi connectivity index (χ1) is 7.75. The van der Waals surface area contributed by atoms with E-state index < -0.39 is 0 Å². The molecule has 2 nitrogen and oxygen atoms in total. The second-order valence-corrected chi connectivity index (χ2v) is 5.24. The third-order valence-electron chi connectivity index (χ3n) is 4.22. The van der Waals surface area contributed by atoms with Crippen molar-refractivity contribution in [2.75, 3.05) is 12.3 Å². The van der Waals surface area contributed by atoms with Crippen LogP contribution in [0.4, 0.5) is 5.69 Å². The van der Waals surface area contributed by atoms with Crippen molar-refractivity contribution in [2.45, 2.75) is 44.7 Å². The van der Waals surface area contributed by atoms with Crippen LogP contribution in [0.3, 0.4) is 0 Å². The number of hydrogen-bond donors (Lipinski definition) is 1. The molecule has 1 aliphatic carbocycles. The molecular weight excluding hydrogens is 196 g/mol. The fourth-order valence-electron chi connectivity index (χ4n) is 3.15. The van der Waals surface area contributed by atoms with Crippen LogP contribution in [0.5, 0.6) is 0 Å². The summed E-state index contributed by atoms with van der Waals surface area (Å²) >= 11 is 0. The number of likely N-dealkylation sites (tertiary alicyclic amines) is 1. The summed E-state index contributed by atoms with van der Waals surface area (Å²) in [5.41, 5.74) is 9.79. The summed E-state index contributed by atoms with van der Waals surface area (Å²) in [5.74, 6) is 0. The Labute approximate surface area is 97.4 Å². The fourth-order valence-corrected chi connectivity index (χ4v) is 3.15. The van der Waals surface area contributed by atoms with Crippen LogP contribution < -0.4 is 5.73 Å². The number of benzene rings is 1. The molecule has 1 aromatic carbocycles. The van der Waals surface area contributed by atoms with E-state index in [1.165, 1.54) is 43.4 Å². The van der Waals surface area contributed by atoms with Gasteiger partial charge in [0, 0.05) is 24.3 Å². The lowest BCUT2D eigenvalue weighted by Crippen LogP contribution is -2.48. The third kappa shape index (κ3) is 1.52. The van der Waals surface area contributed by atoms with E-state index in [9.17, 15) is 0 Å². The van der Waals surface area contributed by atoms with Gasteiger partial charge < -0.3 is 5.73 Å². The summed E-state index contributed by atoms with van der Waals surface area (Å²) in [6.45, 7) is 3.62. The van der Waals surface area contributed by atoms with Crippen LogP contribution in [-0.2, 0) is 6.42 Å². The molecule has 2 atom stereocenters. The van der Waals surface area contributed by atoms with Crippen LogP contribution >= 0.6 is 0 Å². The zero-order valence-electron chi connectivity index (χ0n) is 9.95. The predicted molar refractivity (Wildman–Crippen MR) is 67.3 cm³/mol. The molecule has 2 N–H and O–H groups in total. The van der Waals surface area contributed by atoms with Crippen LogP contribution in [0.2, 0.25) is 0 Å². The highest BCUT2D eigenvalue weighted by molar-refractivity contribution is 5.46. The van der Waals surface area contributed by atoms with Crippen LogP contribution in [0.1, 0.15) is 43.4 Å². The first-order valence-electron chi connectivity index (χ1n) is 6.40. The van der Waals surface area contributed by atoms with Gasteiger partial charge in [-0.25, -0.2) is 0 Å². The number of hydrogen-bond acceptors (Lipinski definition) is 2. The van der Waals surface area contributed by atoms with E-state index in [2.05, 4.69) is 30.0 Å². The Balaban J connectivity index is 1.93. The highest BCUT2D eigenvalue weighted by Crippen LogP contribution is 2.39. The Bertz CT molecular complexity index is 400. The molecule has 0 aromatic heterocycles. The van der Waals surface area contributed by atoms with Gasteiger partial charge in [-0.1, -0.05) is 6.07 Å². The van der Waals surface area contributed by atoms with Crippen molar-refractivity contribution < 1.29 is 0 Å². The molecule has 0 spiro atoms. The predicted octanol–water partition coefficient (Wildman–Crippen LogP) is 2.74. The van der Waals surface area contributed by atoms with Crippen molar-refractivity contribution in [1.82, 2.24) is 4.90 Å². The molecule has 1 heterocycles. The van der Waals surface area contributed by atoms with E-state index >= 15 is 0 Å². The Morgan fingerprint density at radius 2 is 2.19 bits per heavy atom. The first kappa shape index (κ1) is 10.2. The van der Waals surface area contributed by atoms with Gasteiger partial charge in [0.1, 0.15) is 0 Å². The van der Waals surface area contributed by atoms with Gasteiger partial charge in [0.2, 0.25) is 0 Å². The minimum atomic E-state index is 0.660. The molecule has 3 rings (SSSR count). The number of nitrogens with zero attached hydrogens (tertiary/aromatic N) is 1. The van der Waals surface area contributed by atoms with Crippen LogP contribution in [0.15, 0.2) is 18.2 Å². The summed E-state index contributed by atoms with van der Waals surface area (Å²) in [4.78, 5) is 2.65. The monoisotopic (exact) mass is 216 g/mol. The first-order valence-corrected chi connectivity index (χ1v) is 6.40. The van der Waals surface area contributed by atoms with Crippen LogP contribution in [0.25, 0.3) is 0 Å². The standard InChI is InChI=1S/C14H20N2/c1-10-7-8-16(10)14-4-2-3-11-9-12(15)5-6-13(11)14/h5-6,9-10,14H,2-4,7-8,15H2,1H3. The topological polar surface area (TPSA) is 29.3 Å². The number of nitrogens with two attached hydrogens (primary N) is 1. The minimum absolute atomic E-state index is 0.660. The molecular formula is C14H20N2. The molecule has 0 amide bonds. The van der Waals surface area contributed by atoms with Gasteiger partial charge in [-0.05, 0) is 55.9 Å². The minimum Gasteiger partial charge on any atom is -0.399 e. The molecule has 2 heteroatoms. The van der Waals surface area contributed by atoms with Crippen molar-refractivity contribution in [3.05, 3.63) is 29.3 Å². The van der Waals surface area contributed by atoms with E-state index in [1.807, 2.05) is 0 Å². The Hall–Kier alpha value is -1.02. The third-order valence-corrected chi connectivity index (χ3v) is 4.22. The molecule has 2 aliphatic rings. The second-order valence-electron chi connectivity index (χ2n) is 5.24. The van der Waals surface area contributed by atoms with Gasteiger partial charge in [-0.15, -0.1) is 0 Å². The van der Waals surface area contributed by atoms with E-state index in [0.29, 0.717) is 6.04 Å². The fraction of sp³-hybridized carbons (Fsp3) is 0.571. The highest BCUT2D eigenvalue weighted by Gasteiger charge is 2.33. The smallest absolute Gasteiger partial charge is 0.0353 e. The van der Waals surface area contributed by atoms with E-state index in [1.54, 1.807) is 0 Å². The second kappa shape index (κ2) is 3.77. The summed E-state index contributed by atoms with van der Waals surface area (Å²) in [6, 6.07) is 7.91. The van der Waals surface area contributed by atoms with Crippen LogP contribution in [-0.4, -0.2) is 17.5 Å². The number of anilines is 1. The lowest BCUT2D eigenvalue weighted by Gasteiger charge is -2.46. The zero-order chi connectivity index (χ0) is 11.1. The van der Waals surface area contributed by atoms with Gasteiger partial charge in [-0.2, -0.15) is 0 Å². The van der Waals surface area contributed by atoms with Crippen molar-refractivity contribution in [3.8, 4) is 0 Å². The largest absolute Gasteiger partial charge is 0.399 e. The number of nitrogen functional groups attached to an aromatic ring is 1. The van der Waals surface area contributed by atoms with E-state index in [0.717, 1.165) is 11.7 Å². The molecule has 1 aromatic rings. The van der Waals surface area contributed by atoms with E-state index in [-0.39, 0.29) is 0 Å². The van der Waals surface area contributed by atoms with Gasteiger partial charge in [0.05, 0.1) is 0 Å². The summed E-state index contributed by atoms with van der Waals surface area (Å²) < 4.78 is 0. The maximum absolute atomic E-state index is 5.86. The highest BCUT2D eigenvalue weighted by atomic mass is 15.2. The van der Waals surface area contributed by atoms with Gasteiger partial charge in [0.15, 0.2) is 0 Å². The number of aryl methyl sites for hydroxylation is 1. The average molecular weight is 216 g/mol. The van der Waals surface area contributed by atoms with Crippen LogP contribution in [0, 0.1) is 0 Å². The molecule has 0 bridgehead atoms.